The average Bonchev–Trinajstić information content (AvgIpc) is 3.36. The fourth-order valence-corrected chi connectivity index (χ4v) is 8.04. The number of nitrogens with zero attached hydrogens (tertiary/aromatic N) is 4. The molecule has 8 nitrogen and oxygen atoms in total. The summed E-state index contributed by atoms with van der Waals surface area (Å²) in [6, 6.07) is 11.0. The van der Waals surface area contributed by atoms with E-state index in [1.807, 2.05) is 23.9 Å². The van der Waals surface area contributed by atoms with Crippen LogP contribution in [0, 0.1) is 5.92 Å². The van der Waals surface area contributed by atoms with Crippen LogP contribution in [-0.4, -0.2) is 64.8 Å². The van der Waals surface area contributed by atoms with Crippen LogP contribution in [0.15, 0.2) is 40.9 Å². The summed E-state index contributed by atoms with van der Waals surface area (Å²) in [7, 11) is 1.92. The van der Waals surface area contributed by atoms with Gasteiger partial charge >= 0.3 is 6.18 Å². The van der Waals surface area contributed by atoms with Gasteiger partial charge in [0.1, 0.15) is 11.3 Å². The zero-order chi connectivity index (χ0) is 32.6. The van der Waals surface area contributed by atoms with E-state index in [-0.39, 0.29) is 28.1 Å². The third kappa shape index (κ3) is 6.93. The Morgan fingerprint density at radius 1 is 1.02 bits per heavy atom. The number of piperazine rings is 1. The van der Waals surface area contributed by atoms with Gasteiger partial charge in [0.25, 0.3) is 0 Å². The summed E-state index contributed by atoms with van der Waals surface area (Å²) < 4.78 is 48.5. The predicted molar refractivity (Wildman–Crippen MR) is 174 cm³/mol. The van der Waals surface area contributed by atoms with E-state index in [4.69, 9.17) is 9.84 Å². The molecule has 12 heteroatoms. The number of hydrogen-bond donors (Lipinski definition) is 1. The molecule has 2 amide bonds. The second-order valence-electron chi connectivity index (χ2n) is 13.0. The highest BCUT2D eigenvalue weighted by atomic mass is 79.9. The third-order valence-electron chi connectivity index (χ3n) is 10.1. The number of piperidine rings is 1. The van der Waals surface area contributed by atoms with Crippen molar-refractivity contribution >= 4 is 44.3 Å². The molecule has 1 unspecified atom stereocenters. The average molecular weight is 705 g/mol. The fraction of sp³-hybridized carbons (Fsp3) is 0.559. The van der Waals surface area contributed by atoms with E-state index in [2.05, 4.69) is 44.0 Å². The first-order chi connectivity index (χ1) is 22.0. The molecule has 1 aliphatic carbocycles. The van der Waals surface area contributed by atoms with Crippen LogP contribution in [0.25, 0.3) is 10.9 Å². The van der Waals surface area contributed by atoms with Crippen molar-refractivity contribution in [1.29, 1.82) is 0 Å². The third-order valence-corrected chi connectivity index (χ3v) is 10.7. The molecule has 0 radical (unpaired) electrons. The van der Waals surface area contributed by atoms with Crippen LogP contribution in [0.1, 0.15) is 75.5 Å². The number of imide groups is 1. The Morgan fingerprint density at radius 2 is 1.74 bits per heavy atom. The number of carbonyl (C=O) groups is 2. The molecule has 248 valence electrons. The van der Waals surface area contributed by atoms with Gasteiger partial charge in [0, 0.05) is 55.5 Å². The van der Waals surface area contributed by atoms with Gasteiger partial charge < -0.3 is 9.64 Å². The number of hydrogen-bond acceptors (Lipinski definition) is 6. The molecule has 3 aliphatic rings. The summed E-state index contributed by atoms with van der Waals surface area (Å²) in [6.07, 6.45) is 1.81. The molecule has 1 N–H and O–H groups in total. The van der Waals surface area contributed by atoms with E-state index in [1.165, 1.54) is 12.1 Å². The van der Waals surface area contributed by atoms with Crippen LogP contribution in [0.4, 0.5) is 18.9 Å². The fourth-order valence-electron chi connectivity index (χ4n) is 7.47. The minimum absolute atomic E-state index is 0.00829. The molecule has 3 fully saturated rings. The van der Waals surface area contributed by atoms with Crippen molar-refractivity contribution in [1.82, 2.24) is 20.0 Å². The van der Waals surface area contributed by atoms with Crippen LogP contribution < -0.4 is 15.0 Å². The van der Waals surface area contributed by atoms with Crippen molar-refractivity contribution in [3.63, 3.8) is 0 Å². The molecule has 0 bridgehead atoms. The lowest BCUT2D eigenvalue weighted by atomic mass is 9.83. The molecule has 2 aromatic carbocycles. The molecule has 0 spiro atoms. The standard InChI is InChI=1S/C34H41BrF3N5O3/c1-21(9-10-22-11-13-23(14-12-22)46-28-8-4-6-26(35)30(28)34(36,37)38)42-17-19-43(20-18-42)27-7-3-5-24-31(40-41(2)32(24)27)25-15-16-29(44)39-33(25)45/h3-8,21-23,25H,9-20H2,1-2H3,(H,39,44,45)/t21-,22?,23?,25?/m1/s1. The van der Waals surface area contributed by atoms with Gasteiger partial charge in [-0.15, -0.1) is 0 Å². The number of carbonyl (C=O) groups excluding carboxylic acids is 2. The van der Waals surface area contributed by atoms with Gasteiger partial charge in [0.15, 0.2) is 0 Å². The molecule has 1 aromatic heterocycles. The number of anilines is 1. The smallest absolute Gasteiger partial charge is 0.421 e. The summed E-state index contributed by atoms with van der Waals surface area (Å²) in [5.74, 6) is -0.451. The first-order valence-corrected chi connectivity index (χ1v) is 17.1. The Labute approximate surface area is 275 Å². The van der Waals surface area contributed by atoms with Gasteiger partial charge in [0.2, 0.25) is 11.8 Å². The minimum atomic E-state index is -4.47. The number of alkyl halides is 3. The number of halogens is 4. The zero-order valence-corrected chi connectivity index (χ0v) is 27.9. The van der Waals surface area contributed by atoms with Gasteiger partial charge in [-0.3, -0.25) is 24.5 Å². The molecular formula is C34H41BrF3N5O3. The van der Waals surface area contributed by atoms with Crippen LogP contribution in [0.5, 0.6) is 5.75 Å². The van der Waals surface area contributed by atoms with Gasteiger partial charge in [-0.1, -0.05) is 34.1 Å². The highest BCUT2D eigenvalue weighted by Crippen LogP contribution is 2.42. The summed E-state index contributed by atoms with van der Waals surface area (Å²) >= 11 is 3.04. The lowest BCUT2D eigenvalue weighted by molar-refractivity contribution is -0.140. The van der Waals surface area contributed by atoms with Gasteiger partial charge in [-0.05, 0) is 76.0 Å². The van der Waals surface area contributed by atoms with Crippen LogP contribution in [0.2, 0.25) is 0 Å². The molecule has 2 atom stereocenters. The molecule has 2 aliphatic heterocycles. The number of ether oxygens (including phenoxy) is 1. The lowest BCUT2D eigenvalue weighted by Gasteiger charge is -2.40. The van der Waals surface area contributed by atoms with Crippen LogP contribution in [0.3, 0.4) is 0 Å². The van der Waals surface area contributed by atoms with E-state index in [0.717, 1.165) is 87.0 Å². The van der Waals surface area contributed by atoms with Crippen molar-refractivity contribution in [3.8, 4) is 5.75 Å². The molecule has 6 rings (SSSR count). The summed E-state index contributed by atoms with van der Waals surface area (Å²) in [4.78, 5) is 29.2. The number of aromatic nitrogens is 2. The van der Waals surface area contributed by atoms with E-state index < -0.39 is 17.7 Å². The van der Waals surface area contributed by atoms with Crippen LogP contribution in [-0.2, 0) is 22.8 Å². The van der Waals surface area contributed by atoms with Crippen molar-refractivity contribution in [2.45, 2.75) is 82.5 Å². The quantitative estimate of drug-likeness (QED) is 0.260. The second-order valence-corrected chi connectivity index (χ2v) is 13.9. The summed E-state index contributed by atoms with van der Waals surface area (Å²) in [5, 5.41) is 8.17. The van der Waals surface area contributed by atoms with Gasteiger partial charge in [-0.25, -0.2) is 0 Å². The van der Waals surface area contributed by atoms with Gasteiger partial charge in [-0.2, -0.15) is 18.3 Å². The van der Waals surface area contributed by atoms with Crippen molar-refractivity contribution in [2.24, 2.45) is 13.0 Å². The number of amides is 2. The monoisotopic (exact) mass is 703 g/mol. The second kappa shape index (κ2) is 13.5. The Hall–Kier alpha value is -3.12. The maximum Gasteiger partial charge on any atom is 0.421 e. The van der Waals surface area contributed by atoms with E-state index in [0.29, 0.717) is 24.8 Å². The zero-order valence-electron chi connectivity index (χ0n) is 26.3. The number of para-hydroxylation sites is 1. The molecule has 46 heavy (non-hydrogen) atoms. The Kier molecular flexibility index (Phi) is 9.66. The molecule has 3 heterocycles. The lowest BCUT2D eigenvalue weighted by Crippen LogP contribution is -2.49. The van der Waals surface area contributed by atoms with Crippen molar-refractivity contribution < 1.29 is 27.5 Å². The van der Waals surface area contributed by atoms with E-state index in [9.17, 15) is 22.8 Å². The SMILES string of the molecule is C[C@H](CCC1CCC(Oc2cccc(Br)c2C(F)(F)F)CC1)N1CCN(c2cccc3c(C4CCC(=O)NC4=O)nn(C)c23)CC1. The highest BCUT2D eigenvalue weighted by molar-refractivity contribution is 9.10. The Bertz CT molecular complexity index is 1580. The summed E-state index contributed by atoms with van der Waals surface area (Å²) in [5.41, 5.74) is 2.12. The Morgan fingerprint density at radius 3 is 2.43 bits per heavy atom. The highest BCUT2D eigenvalue weighted by Gasteiger charge is 2.38. The maximum atomic E-state index is 13.6. The Balaban J connectivity index is 0.994. The predicted octanol–water partition coefficient (Wildman–Crippen LogP) is 6.80. The first-order valence-electron chi connectivity index (χ1n) is 16.3. The molecule has 1 saturated carbocycles. The minimum Gasteiger partial charge on any atom is -0.490 e. The molecular weight excluding hydrogens is 663 g/mol. The van der Waals surface area contributed by atoms with Crippen molar-refractivity contribution in [2.75, 3.05) is 31.1 Å². The van der Waals surface area contributed by atoms with Crippen molar-refractivity contribution in [3.05, 3.63) is 52.1 Å². The molecule has 2 saturated heterocycles. The number of aryl methyl sites for hydroxylation is 1. The normalized spacial score (nSPS) is 23.9. The molecule has 3 aromatic rings. The number of rotatable bonds is 8. The maximum absolute atomic E-state index is 13.6. The van der Waals surface area contributed by atoms with E-state index >= 15 is 0 Å². The number of nitrogens with one attached hydrogen (secondary N) is 1. The number of benzene rings is 2. The summed E-state index contributed by atoms with van der Waals surface area (Å²) in [6.45, 7) is 5.97. The topological polar surface area (TPSA) is 79.7 Å². The number of fused-ring (bicyclic) bond motifs is 1. The van der Waals surface area contributed by atoms with Gasteiger partial charge in [0.05, 0.1) is 28.9 Å². The van der Waals surface area contributed by atoms with E-state index in [1.54, 1.807) is 6.07 Å². The first kappa shape index (κ1) is 32.8. The van der Waals surface area contributed by atoms with Crippen LogP contribution >= 0.6 is 15.9 Å². The largest absolute Gasteiger partial charge is 0.490 e.